The minimum absolute atomic E-state index is 0.356. The lowest BCUT2D eigenvalue weighted by atomic mass is 10.0. The highest BCUT2D eigenvalue weighted by Gasteiger charge is 2.04. The monoisotopic (exact) mass is 170 g/mol. The Morgan fingerprint density at radius 2 is 2.08 bits per heavy atom. The Labute approximate surface area is 74.2 Å². The molecule has 12 heavy (non-hydrogen) atoms. The summed E-state index contributed by atoms with van der Waals surface area (Å²) in [5.74, 6) is 0. The molecule has 1 atom stereocenters. The van der Waals surface area contributed by atoms with E-state index >= 15 is 0 Å². The Kier molecular flexibility index (Phi) is 5.47. The normalized spacial score (nSPS) is 14.4. The lowest BCUT2D eigenvalue weighted by Gasteiger charge is -2.09. The van der Waals surface area contributed by atoms with Crippen molar-refractivity contribution in [2.45, 2.75) is 39.2 Å². The van der Waals surface area contributed by atoms with Crippen molar-refractivity contribution in [2.24, 2.45) is 0 Å². The summed E-state index contributed by atoms with van der Waals surface area (Å²) in [7, 11) is 0. The molecule has 0 aromatic heterocycles. The summed E-state index contributed by atoms with van der Waals surface area (Å²) < 4.78 is 0. The van der Waals surface area contributed by atoms with Crippen LogP contribution in [0, 0.1) is 0 Å². The summed E-state index contributed by atoms with van der Waals surface area (Å²) in [6.07, 6.45) is 2.80. The molecule has 2 N–H and O–H groups in total. The smallest absolute Gasteiger partial charge is 0.0781 e. The van der Waals surface area contributed by atoms with Crippen LogP contribution in [0.3, 0.4) is 0 Å². The maximum atomic E-state index is 9.41. The SMILES string of the molecule is C=C(C)CCC(O)CC(C)=CO. The summed E-state index contributed by atoms with van der Waals surface area (Å²) in [6.45, 7) is 7.49. The highest BCUT2D eigenvalue weighted by Crippen LogP contribution is 2.11. The molecular formula is C10H18O2. The van der Waals surface area contributed by atoms with Gasteiger partial charge in [-0.15, -0.1) is 6.58 Å². The number of hydrogen-bond donors (Lipinski definition) is 2. The van der Waals surface area contributed by atoms with E-state index in [1.54, 1.807) is 6.92 Å². The number of aliphatic hydroxyl groups excluding tert-OH is 2. The van der Waals surface area contributed by atoms with Gasteiger partial charge < -0.3 is 10.2 Å². The summed E-state index contributed by atoms with van der Waals surface area (Å²) in [5.41, 5.74) is 1.89. The average molecular weight is 170 g/mol. The minimum Gasteiger partial charge on any atom is -0.516 e. The minimum atomic E-state index is -0.356. The first-order valence-corrected chi connectivity index (χ1v) is 4.18. The Hall–Kier alpha value is -0.760. The van der Waals surface area contributed by atoms with E-state index in [1.165, 1.54) is 0 Å². The fourth-order valence-electron chi connectivity index (χ4n) is 0.939. The first-order chi connectivity index (χ1) is 5.56. The molecule has 0 aliphatic rings. The zero-order chi connectivity index (χ0) is 9.56. The quantitative estimate of drug-likeness (QED) is 0.491. The Morgan fingerprint density at radius 1 is 1.50 bits per heavy atom. The molecule has 0 aromatic rings. The molecule has 0 heterocycles. The van der Waals surface area contributed by atoms with E-state index < -0.39 is 0 Å². The first-order valence-electron chi connectivity index (χ1n) is 4.18. The van der Waals surface area contributed by atoms with Crippen LogP contribution in [0.15, 0.2) is 24.0 Å². The average Bonchev–Trinajstić information content (AvgIpc) is 2.00. The zero-order valence-electron chi connectivity index (χ0n) is 7.88. The third kappa shape index (κ3) is 5.98. The van der Waals surface area contributed by atoms with Gasteiger partial charge in [0.15, 0.2) is 0 Å². The molecule has 0 fully saturated rings. The molecular weight excluding hydrogens is 152 g/mol. The topological polar surface area (TPSA) is 40.5 Å². The van der Waals surface area contributed by atoms with Gasteiger partial charge in [0, 0.05) is 0 Å². The van der Waals surface area contributed by atoms with Crippen molar-refractivity contribution in [1.82, 2.24) is 0 Å². The van der Waals surface area contributed by atoms with Gasteiger partial charge in [-0.2, -0.15) is 0 Å². The molecule has 0 saturated carbocycles. The van der Waals surface area contributed by atoms with Gasteiger partial charge in [-0.3, -0.25) is 0 Å². The van der Waals surface area contributed by atoms with Crippen LogP contribution < -0.4 is 0 Å². The van der Waals surface area contributed by atoms with E-state index in [0.29, 0.717) is 6.42 Å². The number of rotatable bonds is 5. The van der Waals surface area contributed by atoms with Crippen molar-refractivity contribution in [3.63, 3.8) is 0 Å². The molecule has 0 rings (SSSR count). The predicted molar refractivity (Wildman–Crippen MR) is 51.1 cm³/mol. The van der Waals surface area contributed by atoms with Crippen LogP contribution in [0.1, 0.15) is 33.1 Å². The van der Waals surface area contributed by atoms with Crippen molar-refractivity contribution in [2.75, 3.05) is 0 Å². The van der Waals surface area contributed by atoms with Gasteiger partial charge in [-0.1, -0.05) is 5.57 Å². The maximum Gasteiger partial charge on any atom is 0.0781 e. The molecule has 70 valence electrons. The van der Waals surface area contributed by atoms with Crippen LogP contribution in [-0.2, 0) is 0 Å². The van der Waals surface area contributed by atoms with Crippen molar-refractivity contribution < 1.29 is 10.2 Å². The summed E-state index contributed by atoms with van der Waals surface area (Å²) >= 11 is 0. The van der Waals surface area contributed by atoms with Gasteiger partial charge in [-0.25, -0.2) is 0 Å². The van der Waals surface area contributed by atoms with Gasteiger partial charge >= 0.3 is 0 Å². The van der Waals surface area contributed by atoms with Gasteiger partial charge in [0.25, 0.3) is 0 Å². The molecule has 0 saturated heterocycles. The van der Waals surface area contributed by atoms with Crippen LogP contribution in [0.2, 0.25) is 0 Å². The van der Waals surface area contributed by atoms with Crippen LogP contribution >= 0.6 is 0 Å². The summed E-state index contributed by atoms with van der Waals surface area (Å²) in [6, 6.07) is 0. The standard InChI is InChI=1S/C10H18O2/c1-8(2)4-5-10(12)6-9(3)7-11/h7,10-12H,1,4-6H2,2-3H3. The number of allylic oxidation sites excluding steroid dienone is 1. The third-order valence-corrected chi connectivity index (χ3v) is 1.68. The van der Waals surface area contributed by atoms with E-state index in [2.05, 4.69) is 6.58 Å². The fourth-order valence-corrected chi connectivity index (χ4v) is 0.939. The second-order valence-corrected chi connectivity index (χ2v) is 3.33. The van der Waals surface area contributed by atoms with Crippen molar-refractivity contribution in [3.8, 4) is 0 Å². The molecule has 2 nitrogen and oxygen atoms in total. The molecule has 0 aliphatic carbocycles. The molecule has 1 unspecified atom stereocenters. The van der Waals surface area contributed by atoms with Crippen LogP contribution in [0.5, 0.6) is 0 Å². The Balaban J connectivity index is 3.59. The van der Waals surface area contributed by atoms with Gasteiger partial charge in [0.05, 0.1) is 12.4 Å². The second kappa shape index (κ2) is 5.84. The van der Waals surface area contributed by atoms with E-state index in [9.17, 15) is 5.11 Å². The van der Waals surface area contributed by atoms with Crippen molar-refractivity contribution in [3.05, 3.63) is 24.0 Å². The van der Waals surface area contributed by atoms with Gasteiger partial charge in [0.2, 0.25) is 0 Å². The number of hydrogen-bond acceptors (Lipinski definition) is 2. The van der Waals surface area contributed by atoms with Crippen molar-refractivity contribution in [1.29, 1.82) is 0 Å². The molecule has 0 aliphatic heterocycles. The van der Waals surface area contributed by atoms with Crippen molar-refractivity contribution >= 4 is 0 Å². The molecule has 2 heteroatoms. The largest absolute Gasteiger partial charge is 0.516 e. The van der Waals surface area contributed by atoms with Crippen LogP contribution in [0.25, 0.3) is 0 Å². The Bertz CT molecular complexity index is 171. The summed E-state index contributed by atoms with van der Waals surface area (Å²) in [4.78, 5) is 0. The van der Waals surface area contributed by atoms with Gasteiger partial charge in [0.1, 0.15) is 0 Å². The maximum absolute atomic E-state index is 9.41. The second-order valence-electron chi connectivity index (χ2n) is 3.33. The van der Waals surface area contributed by atoms with E-state index in [0.717, 1.165) is 30.2 Å². The molecule has 0 spiro atoms. The highest BCUT2D eigenvalue weighted by molar-refractivity contribution is 4.95. The third-order valence-electron chi connectivity index (χ3n) is 1.68. The molecule has 0 aromatic carbocycles. The zero-order valence-corrected chi connectivity index (χ0v) is 7.88. The van der Waals surface area contributed by atoms with Crippen LogP contribution in [-0.4, -0.2) is 16.3 Å². The fraction of sp³-hybridized carbons (Fsp3) is 0.600. The first kappa shape index (κ1) is 11.2. The van der Waals surface area contributed by atoms with E-state index in [1.807, 2.05) is 6.92 Å². The molecule has 0 bridgehead atoms. The lowest BCUT2D eigenvalue weighted by molar-refractivity contribution is 0.164. The molecule has 0 amide bonds. The summed E-state index contributed by atoms with van der Waals surface area (Å²) in [5, 5.41) is 18.0. The van der Waals surface area contributed by atoms with Crippen LogP contribution in [0.4, 0.5) is 0 Å². The van der Waals surface area contributed by atoms with E-state index in [-0.39, 0.29) is 6.10 Å². The highest BCUT2D eigenvalue weighted by atomic mass is 16.3. The predicted octanol–water partition coefficient (Wildman–Crippen LogP) is 2.56. The lowest BCUT2D eigenvalue weighted by Crippen LogP contribution is -2.06. The number of aliphatic hydroxyl groups is 2. The Morgan fingerprint density at radius 3 is 2.50 bits per heavy atom. The van der Waals surface area contributed by atoms with E-state index in [4.69, 9.17) is 5.11 Å². The van der Waals surface area contributed by atoms with Gasteiger partial charge in [-0.05, 0) is 38.7 Å². The molecule has 0 radical (unpaired) electrons.